The van der Waals surface area contributed by atoms with Gasteiger partial charge in [0.05, 0.1) is 11.0 Å². The second kappa shape index (κ2) is 4.14. The topological polar surface area (TPSA) is 22.0 Å². The highest BCUT2D eigenvalue weighted by Crippen LogP contribution is 2.22. The SMILES string of the molecule is CCn1c2ccccc2c(=O)c2ccc(Cl)cc21. The third kappa shape index (κ3) is 1.53. The van der Waals surface area contributed by atoms with Crippen molar-refractivity contribution >= 4 is 33.4 Å². The van der Waals surface area contributed by atoms with Crippen LogP contribution in [-0.4, -0.2) is 4.57 Å². The van der Waals surface area contributed by atoms with Gasteiger partial charge in [0.1, 0.15) is 0 Å². The van der Waals surface area contributed by atoms with Crippen LogP contribution in [0.5, 0.6) is 0 Å². The molecule has 2 aromatic carbocycles. The molecule has 1 aromatic heterocycles. The highest BCUT2D eigenvalue weighted by molar-refractivity contribution is 6.31. The Bertz CT molecular complexity index is 805. The van der Waals surface area contributed by atoms with Crippen molar-refractivity contribution in [1.29, 1.82) is 0 Å². The molecule has 2 nitrogen and oxygen atoms in total. The van der Waals surface area contributed by atoms with Gasteiger partial charge in [-0.05, 0) is 37.3 Å². The number of rotatable bonds is 1. The molecule has 18 heavy (non-hydrogen) atoms. The number of benzene rings is 2. The Labute approximate surface area is 109 Å². The molecule has 3 rings (SSSR count). The van der Waals surface area contributed by atoms with Gasteiger partial charge in [-0.25, -0.2) is 0 Å². The summed E-state index contributed by atoms with van der Waals surface area (Å²) >= 11 is 6.04. The van der Waals surface area contributed by atoms with Crippen molar-refractivity contribution in [2.45, 2.75) is 13.5 Å². The van der Waals surface area contributed by atoms with Gasteiger partial charge in [0.15, 0.2) is 5.43 Å². The maximum Gasteiger partial charge on any atom is 0.197 e. The summed E-state index contributed by atoms with van der Waals surface area (Å²) in [6.45, 7) is 2.87. The Morgan fingerprint density at radius 3 is 2.56 bits per heavy atom. The molecule has 0 saturated heterocycles. The van der Waals surface area contributed by atoms with Crippen molar-refractivity contribution in [2.75, 3.05) is 0 Å². The molecule has 0 N–H and O–H groups in total. The Kier molecular flexibility index (Phi) is 2.60. The number of fused-ring (bicyclic) bond motifs is 2. The van der Waals surface area contributed by atoms with Crippen molar-refractivity contribution in [3.8, 4) is 0 Å². The average Bonchev–Trinajstić information content (AvgIpc) is 2.39. The van der Waals surface area contributed by atoms with Crippen molar-refractivity contribution in [3.63, 3.8) is 0 Å². The van der Waals surface area contributed by atoms with Crippen LogP contribution in [0.15, 0.2) is 47.3 Å². The Hall–Kier alpha value is -1.80. The van der Waals surface area contributed by atoms with Crippen LogP contribution in [0.3, 0.4) is 0 Å². The van der Waals surface area contributed by atoms with E-state index in [-0.39, 0.29) is 5.43 Å². The fourth-order valence-electron chi connectivity index (χ4n) is 2.44. The minimum atomic E-state index is 0.0713. The van der Waals surface area contributed by atoms with Gasteiger partial charge in [-0.15, -0.1) is 0 Å². The number of pyridine rings is 1. The Morgan fingerprint density at radius 1 is 1.06 bits per heavy atom. The molecule has 0 bridgehead atoms. The van der Waals surface area contributed by atoms with E-state index in [1.165, 1.54) is 0 Å². The van der Waals surface area contributed by atoms with E-state index in [1.54, 1.807) is 12.1 Å². The zero-order valence-electron chi connectivity index (χ0n) is 9.98. The van der Waals surface area contributed by atoms with Crippen molar-refractivity contribution in [3.05, 3.63) is 57.7 Å². The molecule has 0 radical (unpaired) electrons. The molecular formula is C15H12ClNO. The second-order valence-electron chi connectivity index (χ2n) is 4.25. The second-order valence-corrected chi connectivity index (χ2v) is 4.69. The van der Waals surface area contributed by atoms with Crippen LogP contribution in [0.2, 0.25) is 5.02 Å². The largest absolute Gasteiger partial charge is 0.341 e. The molecule has 90 valence electrons. The molecule has 0 amide bonds. The lowest BCUT2D eigenvalue weighted by atomic mass is 10.1. The number of para-hydroxylation sites is 1. The highest BCUT2D eigenvalue weighted by atomic mass is 35.5. The van der Waals surface area contributed by atoms with E-state index in [4.69, 9.17) is 11.6 Å². The van der Waals surface area contributed by atoms with Gasteiger partial charge in [0.25, 0.3) is 0 Å². The van der Waals surface area contributed by atoms with E-state index in [2.05, 4.69) is 11.5 Å². The normalized spacial score (nSPS) is 11.2. The molecule has 3 aromatic rings. The number of aryl methyl sites for hydroxylation is 1. The number of hydrogen-bond acceptors (Lipinski definition) is 1. The smallest absolute Gasteiger partial charge is 0.197 e. The van der Waals surface area contributed by atoms with E-state index in [0.717, 1.165) is 28.4 Å². The standard InChI is InChI=1S/C15H12ClNO/c1-2-17-13-6-4-3-5-11(13)15(18)12-8-7-10(16)9-14(12)17/h3-9H,2H2,1H3. The third-order valence-corrected chi connectivity index (χ3v) is 3.49. The summed E-state index contributed by atoms with van der Waals surface area (Å²) in [4.78, 5) is 12.4. The molecule has 0 atom stereocenters. The monoisotopic (exact) mass is 257 g/mol. The van der Waals surface area contributed by atoms with E-state index < -0.39 is 0 Å². The van der Waals surface area contributed by atoms with Gasteiger partial charge in [0, 0.05) is 22.3 Å². The van der Waals surface area contributed by atoms with Gasteiger partial charge in [-0.2, -0.15) is 0 Å². The molecule has 1 heterocycles. The van der Waals surface area contributed by atoms with E-state index in [1.807, 2.05) is 30.3 Å². The maximum atomic E-state index is 12.4. The molecule has 0 fully saturated rings. The van der Waals surface area contributed by atoms with Gasteiger partial charge in [-0.3, -0.25) is 4.79 Å². The van der Waals surface area contributed by atoms with Gasteiger partial charge in [0.2, 0.25) is 0 Å². The lowest BCUT2D eigenvalue weighted by Crippen LogP contribution is -2.10. The fourth-order valence-corrected chi connectivity index (χ4v) is 2.60. The highest BCUT2D eigenvalue weighted by Gasteiger charge is 2.09. The summed E-state index contributed by atoms with van der Waals surface area (Å²) < 4.78 is 2.12. The Morgan fingerprint density at radius 2 is 1.78 bits per heavy atom. The predicted molar refractivity (Wildman–Crippen MR) is 76.4 cm³/mol. The lowest BCUT2D eigenvalue weighted by molar-refractivity contribution is 0.821. The van der Waals surface area contributed by atoms with Gasteiger partial charge < -0.3 is 4.57 Å². The van der Waals surface area contributed by atoms with E-state index in [0.29, 0.717) is 5.02 Å². The summed E-state index contributed by atoms with van der Waals surface area (Å²) in [5, 5.41) is 2.13. The molecule has 0 saturated carbocycles. The number of hydrogen-bond donors (Lipinski definition) is 0. The van der Waals surface area contributed by atoms with Gasteiger partial charge in [-0.1, -0.05) is 23.7 Å². The zero-order valence-corrected chi connectivity index (χ0v) is 10.7. The summed E-state index contributed by atoms with van der Waals surface area (Å²) in [5.41, 5.74) is 1.93. The van der Waals surface area contributed by atoms with Crippen LogP contribution in [0, 0.1) is 0 Å². The third-order valence-electron chi connectivity index (χ3n) is 3.25. The first-order valence-corrected chi connectivity index (χ1v) is 6.31. The summed E-state index contributed by atoms with van der Waals surface area (Å²) in [5.74, 6) is 0. The maximum absolute atomic E-state index is 12.4. The fraction of sp³-hybridized carbons (Fsp3) is 0.133. The first-order valence-electron chi connectivity index (χ1n) is 5.93. The molecule has 0 aliphatic carbocycles. The molecule has 0 unspecified atom stereocenters. The van der Waals surface area contributed by atoms with Crippen molar-refractivity contribution < 1.29 is 0 Å². The lowest BCUT2D eigenvalue weighted by Gasteiger charge is -2.13. The number of halogens is 1. The van der Waals surface area contributed by atoms with Crippen LogP contribution >= 0.6 is 11.6 Å². The van der Waals surface area contributed by atoms with E-state index >= 15 is 0 Å². The average molecular weight is 258 g/mol. The molecule has 3 heteroatoms. The minimum absolute atomic E-state index is 0.0713. The summed E-state index contributed by atoms with van der Waals surface area (Å²) in [7, 11) is 0. The van der Waals surface area contributed by atoms with Gasteiger partial charge >= 0.3 is 0 Å². The van der Waals surface area contributed by atoms with Crippen molar-refractivity contribution in [1.82, 2.24) is 4.57 Å². The minimum Gasteiger partial charge on any atom is -0.341 e. The quantitative estimate of drug-likeness (QED) is 0.608. The summed E-state index contributed by atoms with van der Waals surface area (Å²) in [6.07, 6.45) is 0. The number of aromatic nitrogens is 1. The van der Waals surface area contributed by atoms with Crippen LogP contribution in [-0.2, 0) is 6.54 Å². The molecular weight excluding hydrogens is 246 g/mol. The molecule has 0 aliphatic heterocycles. The number of nitrogens with zero attached hydrogens (tertiary/aromatic N) is 1. The molecule has 0 spiro atoms. The zero-order chi connectivity index (χ0) is 12.7. The predicted octanol–water partition coefficient (Wildman–Crippen LogP) is 3.83. The van der Waals surface area contributed by atoms with Crippen LogP contribution in [0.1, 0.15) is 6.92 Å². The van der Waals surface area contributed by atoms with Crippen LogP contribution in [0.4, 0.5) is 0 Å². The Balaban J connectivity index is 2.66. The van der Waals surface area contributed by atoms with E-state index in [9.17, 15) is 4.79 Å². The molecule has 0 aliphatic rings. The summed E-state index contributed by atoms with van der Waals surface area (Å²) in [6, 6.07) is 13.1. The van der Waals surface area contributed by atoms with Crippen LogP contribution in [0.25, 0.3) is 21.8 Å². The first kappa shape index (κ1) is 11.3. The first-order chi connectivity index (χ1) is 8.72. The van der Waals surface area contributed by atoms with Crippen molar-refractivity contribution in [2.24, 2.45) is 0 Å². The van der Waals surface area contributed by atoms with Crippen LogP contribution < -0.4 is 5.43 Å².